The van der Waals surface area contributed by atoms with Gasteiger partial charge >= 0.3 is 0 Å². The van der Waals surface area contributed by atoms with Crippen molar-refractivity contribution in [3.05, 3.63) is 18.2 Å². The van der Waals surface area contributed by atoms with Gasteiger partial charge in [0.25, 0.3) is 0 Å². The first-order valence-electron chi connectivity index (χ1n) is 6.23. The van der Waals surface area contributed by atoms with E-state index in [9.17, 15) is 0 Å². The largest absolute Gasteiger partial charge is 0.492 e. The molecule has 0 aliphatic heterocycles. The Balaban J connectivity index is 3.01. The second kappa shape index (κ2) is 5.80. The molecule has 0 saturated carbocycles. The van der Waals surface area contributed by atoms with Crippen molar-refractivity contribution in [2.45, 2.75) is 33.7 Å². The number of nitrogens with zero attached hydrogens (tertiary/aromatic N) is 1. The molecule has 96 valence electrons. The van der Waals surface area contributed by atoms with Crippen LogP contribution in [0, 0.1) is 5.92 Å². The Morgan fingerprint density at radius 1 is 1.29 bits per heavy atom. The molecular formula is C14H24N2O. The minimum atomic E-state index is 0.439. The maximum Gasteiger partial charge on any atom is 0.144 e. The van der Waals surface area contributed by atoms with Crippen LogP contribution in [-0.2, 0) is 0 Å². The normalized spacial score (nSPS) is 12.6. The van der Waals surface area contributed by atoms with Gasteiger partial charge in [-0.1, -0.05) is 19.9 Å². The fourth-order valence-corrected chi connectivity index (χ4v) is 1.79. The molecule has 0 saturated heterocycles. The van der Waals surface area contributed by atoms with Gasteiger partial charge in [0.2, 0.25) is 0 Å². The lowest BCUT2D eigenvalue weighted by Crippen LogP contribution is -2.33. The first-order chi connectivity index (χ1) is 7.99. The summed E-state index contributed by atoms with van der Waals surface area (Å²) < 4.78 is 5.52. The lowest BCUT2D eigenvalue weighted by atomic mass is 10.0. The zero-order valence-electron chi connectivity index (χ0n) is 11.5. The van der Waals surface area contributed by atoms with Crippen molar-refractivity contribution in [3.63, 3.8) is 0 Å². The number of nitrogens with two attached hydrogens (primary N) is 1. The van der Waals surface area contributed by atoms with Crippen molar-refractivity contribution in [2.75, 3.05) is 24.3 Å². The number of benzene rings is 1. The maximum atomic E-state index is 6.14. The van der Waals surface area contributed by atoms with Crippen LogP contribution in [0.4, 0.5) is 11.4 Å². The first kappa shape index (κ1) is 13.7. The number of hydrogen-bond acceptors (Lipinski definition) is 3. The van der Waals surface area contributed by atoms with E-state index in [0.29, 0.717) is 18.6 Å². The molecule has 1 atom stereocenters. The lowest BCUT2D eigenvalue weighted by Gasteiger charge is -2.31. The Bertz CT molecular complexity index is 363. The molecule has 0 radical (unpaired) electrons. The Labute approximate surface area is 105 Å². The van der Waals surface area contributed by atoms with Crippen molar-refractivity contribution in [2.24, 2.45) is 5.92 Å². The number of anilines is 2. The highest BCUT2D eigenvalue weighted by molar-refractivity contribution is 5.74. The summed E-state index contributed by atoms with van der Waals surface area (Å²) in [5, 5.41) is 0. The van der Waals surface area contributed by atoms with Gasteiger partial charge in [-0.25, -0.2) is 0 Å². The predicted octanol–water partition coefficient (Wildman–Crippen LogP) is 3.15. The molecule has 0 amide bonds. The van der Waals surface area contributed by atoms with Crippen LogP contribution in [0.5, 0.6) is 5.75 Å². The van der Waals surface area contributed by atoms with Gasteiger partial charge < -0.3 is 15.4 Å². The molecule has 2 N–H and O–H groups in total. The van der Waals surface area contributed by atoms with E-state index in [1.165, 1.54) is 0 Å². The van der Waals surface area contributed by atoms with Gasteiger partial charge in [0.1, 0.15) is 5.75 Å². The van der Waals surface area contributed by atoms with Gasteiger partial charge in [0, 0.05) is 13.1 Å². The summed E-state index contributed by atoms with van der Waals surface area (Å²) in [7, 11) is 2.08. The van der Waals surface area contributed by atoms with Gasteiger partial charge in [-0.15, -0.1) is 0 Å². The zero-order valence-corrected chi connectivity index (χ0v) is 11.5. The Morgan fingerprint density at radius 3 is 2.47 bits per heavy atom. The highest BCUT2D eigenvalue weighted by atomic mass is 16.5. The molecule has 1 rings (SSSR count). The maximum absolute atomic E-state index is 6.14. The number of para-hydroxylation sites is 1. The first-order valence-corrected chi connectivity index (χ1v) is 6.23. The molecule has 0 fully saturated rings. The van der Waals surface area contributed by atoms with E-state index in [4.69, 9.17) is 10.5 Å². The smallest absolute Gasteiger partial charge is 0.144 e. The third-order valence-corrected chi connectivity index (χ3v) is 3.30. The van der Waals surface area contributed by atoms with Crippen molar-refractivity contribution in [3.8, 4) is 5.75 Å². The molecule has 1 aromatic rings. The molecule has 0 aliphatic carbocycles. The van der Waals surface area contributed by atoms with E-state index >= 15 is 0 Å². The fraction of sp³-hybridized carbons (Fsp3) is 0.571. The number of nitrogen functional groups attached to an aromatic ring is 1. The second-order valence-corrected chi connectivity index (χ2v) is 4.72. The molecule has 0 aliphatic rings. The SMILES string of the molecule is CCOc1cccc(N(C)C(C)C(C)C)c1N. The summed E-state index contributed by atoms with van der Waals surface area (Å²) in [6.07, 6.45) is 0. The quantitative estimate of drug-likeness (QED) is 0.798. The number of ether oxygens (including phenoxy) is 1. The summed E-state index contributed by atoms with van der Waals surface area (Å²) >= 11 is 0. The summed E-state index contributed by atoms with van der Waals surface area (Å²) in [4.78, 5) is 2.21. The zero-order chi connectivity index (χ0) is 13.0. The third-order valence-electron chi connectivity index (χ3n) is 3.30. The number of rotatable bonds is 5. The van der Waals surface area contributed by atoms with Crippen LogP contribution in [0.1, 0.15) is 27.7 Å². The van der Waals surface area contributed by atoms with E-state index in [1.54, 1.807) is 0 Å². The van der Waals surface area contributed by atoms with Crippen molar-refractivity contribution < 1.29 is 4.74 Å². The minimum absolute atomic E-state index is 0.439. The van der Waals surface area contributed by atoms with E-state index in [1.807, 2.05) is 25.1 Å². The third kappa shape index (κ3) is 3.05. The van der Waals surface area contributed by atoms with Crippen LogP contribution in [0.25, 0.3) is 0 Å². The van der Waals surface area contributed by atoms with Gasteiger partial charge in [-0.3, -0.25) is 0 Å². The van der Waals surface area contributed by atoms with Crippen LogP contribution in [0.15, 0.2) is 18.2 Å². The number of hydrogen-bond donors (Lipinski definition) is 1. The topological polar surface area (TPSA) is 38.5 Å². The molecule has 0 heterocycles. The van der Waals surface area contributed by atoms with E-state index in [0.717, 1.165) is 17.1 Å². The highest BCUT2D eigenvalue weighted by Gasteiger charge is 2.17. The van der Waals surface area contributed by atoms with E-state index in [-0.39, 0.29) is 0 Å². The van der Waals surface area contributed by atoms with Crippen molar-refractivity contribution in [1.29, 1.82) is 0 Å². The average molecular weight is 236 g/mol. The van der Waals surface area contributed by atoms with Crippen molar-refractivity contribution in [1.82, 2.24) is 0 Å². The minimum Gasteiger partial charge on any atom is -0.492 e. The van der Waals surface area contributed by atoms with Crippen LogP contribution < -0.4 is 15.4 Å². The van der Waals surface area contributed by atoms with Crippen LogP contribution >= 0.6 is 0 Å². The van der Waals surface area contributed by atoms with Gasteiger partial charge in [-0.2, -0.15) is 0 Å². The molecule has 0 spiro atoms. The van der Waals surface area contributed by atoms with Crippen molar-refractivity contribution >= 4 is 11.4 Å². The molecule has 17 heavy (non-hydrogen) atoms. The van der Waals surface area contributed by atoms with Crippen LogP contribution in [0.2, 0.25) is 0 Å². The molecule has 3 nitrogen and oxygen atoms in total. The molecule has 0 bridgehead atoms. The summed E-state index contributed by atoms with van der Waals surface area (Å²) in [5.74, 6) is 1.35. The second-order valence-electron chi connectivity index (χ2n) is 4.72. The molecule has 1 unspecified atom stereocenters. The molecular weight excluding hydrogens is 212 g/mol. The van der Waals surface area contributed by atoms with Gasteiger partial charge in [-0.05, 0) is 31.9 Å². The Morgan fingerprint density at radius 2 is 1.94 bits per heavy atom. The Kier molecular flexibility index (Phi) is 4.67. The predicted molar refractivity (Wildman–Crippen MR) is 74.7 cm³/mol. The van der Waals surface area contributed by atoms with Crippen LogP contribution in [0.3, 0.4) is 0 Å². The lowest BCUT2D eigenvalue weighted by molar-refractivity contribution is 0.342. The summed E-state index contributed by atoms with van der Waals surface area (Å²) in [6, 6.07) is 6.38. The fourth-order valence-electron chi connectivity index (χ4n) is 1.79. The molecule has 3 heteroatoms. The van der Waals surface area contributed by atoms with Crippen LogP contribution in [-0.4, -0.2) is 19.7 Å². The molecule has 1 aromatic carbocycles. The summed E-state index contributed by atoms with van der Waals surface area (Å²) in [6.45, 7) is 9.23. The summed E-state index contributed by atoms with van der Waals surface area (Å²) in [5.41, 5.74) is 7.91. The standard InChI is InChI=1S/C14H24N2O/c1-6-17-13-9-7-8-12(14(13)15)16(5)11(4)10(2)3/h7-11H,6,15H2,1-5H3. The Hall–Kier alpha value is -1.38. The molecule has 0 aromatic heterocycles. The van der Waals surface area contributed by atoms with E-state index in [2.05, 4.69) is 32.7 Å². The monoisotopic (exact) mass is 236 g/mol. The highest BCUT2D eigenvalue weighted by Crippen LogP contribution is 2.33. The average Bonchev–Trinajstić information content (AvgIpc) is 2.30. The van der Waals surface area contributed by atoms with Gasteiger partial charge in [0.05, 0.1) is 18.0 Å². The van der Waals surface area contributed by atoms with Gasteiger partial charge in [0.15, 0.2) is 0 Å². The van der Waals surface area contributed by atoms with E-state index < -0.39 is 0 Å².